The number of amides is 2. The van der Waals surface area contributed by atoms with Gasteiger partial charge in [-0.2, -0.15) is 0 Å². The number of ether oxygens (including phenoxy) is 1. The third kappa shape index (κ3) is 4.26. The van der Waals surface area contributed by atoms with Crippen LogP contribution in [-0.4, -0.2) is 49.3 Å². The van der Waals surface area contributed by atoms with Gasteiger partial charge in [-0.15, -0.1) is 0 Å². The average molecular weight is 330 g/mol. The van der Waals surface area contributed by atoms with Gasteiger partial charge in [0.1, 0.15) is 11.6 Å². The molecule has 3 heterocycles. The van der Waals surface area contributed by atoms with Gasteiger partial charge in [-0.05, 0) is 29.8 Å². The average Bonchev–Trinajstić information content (AvgIpc) is 3.13. The van der Waals surface area contributed by atoms with Gasteiger partial charge in [0.25, 0.3) is 0 Å². The Bertz CT molecular complexity index is 654. The van der Waals surface area contributed by atoms with Crippen molar-refractivity contribution >= 4 is 11.8 Å². The van der Waals surface area contributed by atoms with Crippen LogP contribution in [-0.2, 0) is 17.8 Å². The van der Waals surface area contributed by atoms with Crippen molar-refractivity contribution in [2.45, 2.75) is 13.1 Å². The summed E-state index contributed by atoms with van der Waals surface area (Å²) < 4.78 is 10.6. The Labute approximate surface area is 141 Å². The molecule has 1 aliphatic heterocycles. The molecule has 7 nitrogen and oxygen atoms in total. The number of hydrogen-bond acceptors (Lipinski definition) is 5. The normalized spacial score (nSPS) is 14.5. The van der Waals surface area contributed by atoms with Crippen molar-refractivity contribution in [1.82, 2.24) is 15.2 Å². The van der Waals surface area contributed by atoms with Crippen molar-refractivity contribution in [2.75, 3.05) is 38.3 Å². The summed E-state index contributed by atoms with van der Waals surface area (Å²) in [6.07, 6.45) is 3.38. The number of nitrogens with zero attached hydrogens (tertiary/aromatic N) is 3. The Balaban J connectivity index is 1.53. The number of furan rings is 1. The molecule has 24 heavy (non-hydrogen) atoms. The van der Waals surface area contributed by atoms with Crippen LogP contribution in [0.4, 0.5) is 10.6 Å². The van der Waals surface area contributed by atoms with Crippen molar-refractivity contribution < 1.29 is 13.9 Å². The standard InChI is InChI=1S/C17H22N4O3/c1-20(13-15-3-2-8-24-15)17(22)19-12-14-4-5-18-16(11-14)21-6-9-23-10-7-21/h2-5,8,11H,6-7,9-10,12-13H2,1H3,(H,19,22). The molecule has 2 amide bonds. The van der Waals surface area contributed by atoms with Crippen molar-refractivity contribution in [2.24, 2.45) is 0 Å². The van der Waals surface area contributed by atoms with Gasteiger partial charge >= 0.3 is 6.03 Å². The molecule has 0 bridgehead atoms. The van der Waals surface area contributed by atoms with Crippen molar-refractivity contribution in [3.8, 4) is 0 Å². The van der Waals surface area contributed by atoms with Gasteiger partial charge in [-0.3, -0.25) is 0 Å². The Hall–Kier alpha value is -2.54. The van der Waals surface area contributed by atoms with Gasteiger partial charge in [-0.1, -0.05) is 0 Å². The van der Waals surface area contributed by atoms with Gasteiger partial charge in [0.05, 0.1) is 26.0 Å². The second-order valence-electron chi connectivity index (χ2n) is 5.72. The van der Waals surface area contributed by atoms with E-state index in [2.05, 4.69) is 15.2 Å². The van der Waals surface area contributed by atoms with Crippen LogP contribution in [0.25, 0.3) is 0 Å². The van der Waals surface area contributed by atoms with E-state index in [1.165, 1.54) is 0 Å². The summed E-state index contributed by atoms with van der Waals surface area (Å²) in [6, 6.07) is 7.44. The highest BCUT2D eigenvalue weighted by molar-refractivity contribution is 5.73. The van der Waals surface area contributed by atoms with Gasteiger partial charge in [0.2, 0.25) is 0 Å². The molecule has 7 heteroatoms. The topological polar surface area (TPSA) is 70.8 Å². The number of carbonyl (C=O) groups excluding carboxylic acids is 1. The molecular formula is C17H22N4O3. The Morgan fingerprint density at radius 1 is 1.38 bits per heavy atom. The molecule has 2 aromatic rings. The SMILES string of the molecule is CN(Cc1ccco1)C(=O)NCc1ccnc(N2CCOCC2)c1. The lowest BCUT2D eigenvalue weighted by Crippen LogP contribution is -2.37. The molecule has 0 radical (unpaired) electrons. The summed E-state index contributed by atoms with van der Waals surface area (Å²) >= 11 is 0. The maximum Gasteiger partial charge on any atom is 0.317 e. The predicted molar refractivity (Wildman–Crippen MR) is 89.7 cm³/mol. The van der Waals surface area contributed by atoms with Crippen LogP contribution in [0.15, 0.2) is 41.1 Å². The summed E-state index contributed by atoms with van der Waals surface area (Å²) in [5.74, 6) is 1.68. The minimum Gasteiger partial charge on any atom is -0.467 e. The number of carbonyl (C=O) groups is 1. The van der Waals surface area contributed by atoms with E-state index in [0.29, 0.717) is 13.1 Å². The van der Waals surface area contributed by atoms with Gasteiger partial charge in [-0.25, -0.2) is 9.78 Å². The zero-order valence-electron chi connectivity index (χ0n) is 13.8. The van der Waals surface area contributed by atoms with E-state index in [0.717, 1.165) is 43.4 Å². The number of pyridine rings is 1. The van der Waals surface area contributed by atoms with Gasteiger partial charge < -0.3 is 24.3 Å². The fourth-order valence-electron chi connectivity index (χ4n) is 2.56. The van der Waals surface area contributed by atoms with Crippen molar-refractivity contribution in [3.05, 3.63) is 48.0 Å². The molecule has 1 N–H and O–H groups in total. The van der Waals surface area contributed by atoms with E-state index in [1.54, 1.807) is 24.4 Å². The summed E-state index contributed by atoms with van der Waals surface area (Å²) in [5.41, 5.74) is 1.02. The second-order valence-corrected chi connectivity index (χ2v) is 5.72. The quantitative estimate of drug-likeness (QED) is 0.906. The second kappa shape index (κ2) is 7.83. The lowest BCUT2D eigenvalue weighted by molar-refractivity contribution is 0.122. The fourth-order valence-corrected chi connectivity index (χ4v) is 2.56. The minimum absolute atomic E-state index is 0.142. The molecular weight excluding hydrogens is 308 g/mol. The Morgan fingerprint density at radius 2 is 2.21 bits per heavy atom. The van der Waals surface area contributed by atoms with Crippen LogP contribution in [0.5, 0.6) is 0 Å². The Morgan fingerprint density at radius 3 is 2.96 bits per heavy atom. The molecule has 128 valence electrons. The first-order valence-corrected chi connectivity index (χ1v) is 8.01. The number of anilines is 1. The van der Waals surface area contributed by atoms with Crippen LogP contribution >= 0.6 is 0 Å². The highest BCUT2D eigenvalue weighted by Gasteiger charge is 2.13. The molecule has 0 saturated carbocycles. The molecule has 0 aromatic carbocycles. The van der Waals surface area contributed by atoms with E-state index in [4.69, 9.17) is 9.15 Å². The fraction of sp³-hybridized carbons (Fsp3) is 0.412. The zero-order chi connectivity index (χ0) is 16.8. The molecule has 1 fully saturated rings. The van der Waals surface area contributed by atoms with Gasteiger partial charge in [0.15, 0.2) is 0 Å². The number of morpholine rings is 1. The highest BCUT2D eigenvalue weighted by atomic mass is 16.5. The largest absolute Gasteiger partial charge is 0.467 e. The third-order valence-corrected chi connectivity index (χ3v) is 3.91. The van der Waals surface area contributed by atoms with Crippen LogP contribution < -0.4 is 10.2 Å². The van der Waals surface area contributed by atoms with Gasteiger partial charge in [0, 0.05) is 32.9 Å². The first-order valence-electron chi connectivity index (χ1n) is 8.01. The number of aromatic nitrogens is 1. The minimum atomic E-state index is -0.142. The molecule has 0 unspecified atom stereocenters. The number of rotatable bonds is 5. The van der Waals surface area contributed by atoms with E-state index in [1.807, 2.05) is 24.3 Å². The maximum atomic E-state index is 12.2. The first kappa shape index (κ1) is 16.3. The van der Waals surface area contributed by atoms with E-state index >= 15 is 0 Å². The molecule has 0 spiro atoms. The van der Waals surface area contributed by atoms with E-state index in [-0.39, 0.29) is 6.03 Å². The highest BCUT2D eigenvalue weighted by Crippen LogP contribution is 2.14. The summed E-state index contributed by atoms with van der Waals surface area (Å²) in [5, 5.41) is 2.92. The van der Waals surface area contributed by atoms with E-state index in [9.17, 15) is 4.79 Å². The number of urea groups is 1. The monoisotopic (exact) mass is 330 g/mol. The molecule has 0 atom stereocenters. The smallest absolute Gasteiger partial charge is 0.317 e. The number of hydrogen-bond donors (Lipinski definition) is 1. The van der Waals surface area contributed by atoms with Crippen LogP contribution in [0.1, 0.15) is 11.3 Å². The molecule has 1 aliphatic rings. The van der Waals surface area contributed by atoms with Crippen LogP contribution in [0.2, 0.25) is 0 Å². The predicted octanol–water partition coefficient (Wildman–Crippen LogP) is 1.85. The summed E-state index contributed by atoms with van der Waals surface area (Å²) in [6.45, 7) is 4.03. The third-order valence-electron chi connectivity index (χ3n) is 3.91. The van der Waals surface area contributed by atoms with Crippen LogP contribution in [0, 0.1) is 0 Å². The van der Waals surface area contributed by atoms with Crippen LogP contribution in [0.3, 0.4) is 0 Å². The zero-order valence-corrected chi connectivity index (χ0v) is 13.8. The first-order chi connectivity index (χ1) is 11.7. The van der Waals surface area contributed by atoms with Crippen molar-refractivity contribution in [1.29, 1.82) is 0 Å². The van der Waals surface area contributed by atoms with Crippen molar-refractivity contribution in [3.63, 3.8) is 0 Å². The Kier molecular flexibility index (Phi) is 5.32. The molecule has 2 aromatic heterocycles. The van der Waals surface area contributed by atoms with E-state index < -0.39 is 0 Å². The molecule has 0 aliphatic carbocycles. The lowest BCUT2D eigenvalue weighted by Gasteiger charge is -2.28. The number of nitrogens with one attached hydrogen (secondary N) is 1. The summed E-state index contributed by atoms with van der Waals surface area (Å²) in [7, 11) is 1.74. The lowest BCUT2D eigenvalue weighted by atomic mass is 10.2. The maximum absolute atomic E-state index is 12.2. The molecule has 1 saturated heterocycles. The molecule has 3 rings (SSSR count). The summed E-state index contributed by atoms with van der Waals surface area (Å²) in [4.78, 5) is 20.3.